The molecule has 0 saturated heterocycles. The lowest BCUT2D eigenvalue weighted by atomic mass is 9.92. The molecule has 0 aliphatic rings. The van der Waals surface area contributed by atoms with E-state index in [1.807, 2.05) is 42.5 Å². The molecular weight excluding hydrogens is 490 g/mol. The van der Waals surface area contributed by atoms with Crippen LogP contribution in [0.25, 0.3) is 44.2 Å². The first-order chi connectivity index (χ1) is 19.0. The number of fused-ring (bicyclic) bond motifs is 1. The van der Waals surface area contributed by atoms with Gasteiger partial charge >= 0.3 is 12.2 Å². The molecule has 0 atom stereocenters. The Bertz CT molecular complexity index is 1620. The highest BCUT2D eigenvalue weighted by atomic mass is 16.4. The smallest absolute Gasteiger partial charge is 0.407 e. The monoisotopic (exact) mass is 517 g/mol. The predicted molar refractivity (Wildman–Crippen MR) is 153 cm³/mol. The van der Waals surface area contributed by atoms with Crippen molar-refractivity contribution in [1.29, 1.82) is 0 Å². The predicted octanol–water partition coefficient (Wildman–Crippen LogP) is 6.75. The van der Waals surface area contributed by atoms with E-state index in [9.17, 15) is 9.59 Å². The van der Waals surface area contributed by atoms with Gasteiger partial charge in [-0.25, -0.2) is 9.59 Å². The Labute approximate surface area is 225 Å². The number of amides is 2. The average Bonchev–Trinajstić information content (AvgIpc) is 2.95. The first-order valence-electron chi connectivity index (χ1n) is 12.5. The minimum absolute atomic E-state index is 0.242. The summed E-state index contributed by atoms with van der Waals surface area (Å²) in [6.45, 7) is 0.242. The molecule has 0 aliphatic carbocycles. The Morgan fingerprint density at radius 1 is 0.590 bits per heavy atom. The normalized spacial score (nSPS) is 10.9. The molecule has 0 fully saturated rings. The van der Waals surface area contributed by atoms with Gasteiger partial charge in [-0.15, -0.1) is 0 Å². The van der Waals surface area contributed by atoms with E-state index in [0.29, 0.717) is 0 Å². The summed E-state index contributed by atoms with van der Waals surface area (Å²) in [6.07, 6.45) is -3.83. The first kappa shape index (κ1) is 25.5. The molecule has 2 amide bonds. The SMILES string of the molecule is O=C(O)NC(NCc1ccccc1-c1ccc2c(-c3cccc(-c4ccccc4)c3)cccc2c1)NC(=O)O. The molecule has 0 bridgehead atoms. The van der Waals surface area contributed by atoms with Crippen molar-refractivity contribution < 1.29 is 19.8 Å². The van der Waals surface area contributed by atoms with E-state index in [0.717, 1.165) is 44.2 Å². The standard InChI is InChI=1S/C32H27N3O4/c36-31(37)34-30(35-32(38)39)33-20-26-10-4-5-14-27(26)25-16-17-29-24(19-25)13-7-15-28(29)23-12-6-11-22(18-23)21-8-2-1-3-9-21/h1-19,30,33-35H,20H2,(H,36,37)(H,38,39). The second kappa shape index (κ2) is 11.5. The summed E-state index contributed by atoms with van der Waals surface area (Å²) < 4.78 is 0. The highest BCUT2D eigenvalue weighted by Gasteiger charge is 2.15. The maximum atomic E-state index is 11.1. The lowest BCUT2D eigenvalue weighted by Gasteiger charge is -2.19. The van der Waals surface area contributed by atoms with Crippen molar-refractivity contribution >= 4 is 23.0 Å². The Hall–Kier alpha value is -5.14. The molecule has 5 aromatic carbocycles. The summed E-state index contributed by atoms with van der Waals surface area (Å²) in [7, 11) is 0. The van der Waals surface area contributed by atoms with Gasteiger partial charge in [-0.05, 0) is 61.8 Å². The zero-order chi connectivity index (χ0) is 27.2. The van der Waals surface area contributed by atoms with Gasteiger partial charge in [0.2, 0.25) is 0 Å². The van der Waals surface area contributed by atoms with Gasteiger partial charge in [0.1, 0.15) is 0 Å². The van der Waals surface area contributed by atoms with Crippen molar-refractivity contribution in [2.24, 2.45) is 0 Å². The maximum absolute atomic E-state index is 11.1. The van der Waals surface area contributed by atoms with Crippen molar-refractivity contribution in [2.75, 3.05) is 0 Å². The molecule has 39 heavy (non-hydrogen) atoms. The highest BCUT2D eigenvalue weighted by Crippen LogP contribution is 2.34. The molecule has 0 heterocycles. The zero-order valence-corrected chi connectivity index (χ0v) is 21.0. The van der Waals surface area contributed by atoms with Crippen LogP contribution < -0.4 is 16.0 Å². The molecule has 0 aliphatic heterocycles. The minimum Gasteiger partial charge on any atom is -0.465 e. The molecule has 0 spiro atoms. The van der Waals surface area contributed by atoms with Crippen molar-refractivity contribution in [1.82, 2.24) is 16.0 Å². The lowest BCUT2D eigenvalue weighted by molar-refractivity contribution is 0.170. The largest absolute Gasteiger partial charge is 0.465 e. The Balaban J connectivity index is 1.45. The van der Waals surface area contributed by atoms with Crippen molar-refractivity contribution in [3.05, 3.63) is 121 Å². The van der Waals surface area contributed by atoms with Crippen LogP contribution in [-0.2, 0) is 6.54 Å². The van der Waals surface area contributed by atoms with Crippen LogP contribution in [0.1, 0.15) is 5.56 Å². The van der Waals surface area contributed by atoms with Crippen LogP contribution in [0, 0.1) is 0 Å². The first-order valence-corrected chi connectivity index (χ1v) is 12.5. The van der Waals surface area contributed by atoms with Crippen LogP contribution in [0.3, 0.4) is 0 Å². The average molecular weight is 518 g/mol. The molecule has 0 saturated carbocycles. The third-order valence-corrected chi connectivity index (χ3v) is 6.52. The van der Waals surface area contributed by atoms with Gasteiger partial charge in [-0.3, -0.25) is 16.0 Å². The summed E-state index contributed by atoms with van der Waals surface area (Å²) in [5.41, 5.74) is 7.49. The van der Waals surface area contributed by atoms with Crippen LogP contribution in [-0.4, -0.2) is 28.7 Å². The fraction of sp³-hybridized carbons (Fsp3) is 0.0625. The minimum atomic E-state index is -1.34. The molecule has 5 aromatic rings. The molecule has 0 aromatic heterocycles. The second-order valence-electron chi connectivity index (χ2n) is 9.06. The van der Waals surface area contributed by atoms with E-state index >= 15 is 0 Å². The zero-order valence-electron chi connectivity index (χ0n) is 21.0. The summed E-state index contributed by atoms with van der Waals surface area (Å²) >= 11 is 0. The number of hydrogen-bond acceptors (Lipinski definition) is 3. The third-order valence-electron chi connectivity index (χ3n) is 6.52. The third kappa shape index (κ3) is 6.06. The highest BCUT2D eigenvalue weighted by molar-refractivity contribution is 5.99. The topological polar surface area (TPSA) is 111 Å². The van der Waals surface area contributed by atoms with Gasteiger partial charge in [0.25, 0.3) is 0 Å². The molecule has 194 valence electrons. The van der Waals surface area contributed by atoms with Crippen molar-refractivity contribution in [3.63, 3.8) is 0 Å². The van der Waals surface area contributed by atoms with Gasteiger partial charge in [-0.1, -0.05) is 103 Å². The summed E-state index contributed by atoms with van der Waals surface area (Å²) in [4.78, 5) is 22.1. The molecular formula is C32H27N3O4. The van der Waals surface area contributed by atoms with Crippen LogP contribution in [0.2, 0.25) is 0 Å². The number of carboxylic acid groups (broad SMARTS) is 2. The van der Waals surface area contributed by atoms with Crippen molar-refractivity contribution in [2.45, 2.75) is 12.8 Å². The van der Waals surface area contributed by atoms with E-state index in [1.54, 1.807) is 0 Å². The fourth-order valence-corrected chi connectivity index (χ4v) is 4.75. The molecule has 7 nitrogen and oxygen atoms in total. The van der Waals surface area contributed by atoms with E-state index in [1.165, 1.54) is 5.56 Å². The quantitative estimate of drug-likeness (QED) is 0.146. The van der Waals surface area contributed by atoms with E-state index in [-0.39, 0.29) is 6.54 Å². The Morgan fingerprint density at radius 3 is 1.97 bits per heavy atom. The van der Waals surface area contributed by atoms with Crippen LogP contribution in [0.5, 0.6) is 0 Å². The number of benzene rings is 5. The summed E-state index contributed by atoms with van der Waals surface area (Å²) in [5.74, 6) is 0. The van der Waals surface area contributed by atoms with E-state index < -0.39 is 18.5 Å². The fourth-order valence-electron chi connectivity index (χ4n) is 4.75. The van der Waals surface area contributed by atoms with Crippen LogP contribution in [0.15, 0.2) is 115 Å². The summed E-state index contributed by atoms with van der Waals surface area (Å²) in [6, 6.07) is 39.2. The van der Waals surface area contributed by atoms with E-state index in [4.69, 9.17) is 10.2 Å². The van der Waals surface area contributed by atoms with Gasteiger partial charge < -0.3 is 10.2 Å². The van der Waals surface area contributed by atoms with Crippen LogP contribution >= 0.6 is 0 Å². The second-order valence-corrected chi connectivity index (χ2v) is 9.06. The summed E-state index contributed by atoms with van der Waals surface area (Å²) in [5, 5.41) is 27.4. The lowest BCUT2D eigenvalue weighted by Crippen LogP contribution is -2.55. The molecule has 0 unspecified atom stereocenters. The molecule has 5 N–H and O–H groups in total. The van der Waals surface area contributed by atoms with Crippen LogP contribution in [0.4, 0.5) is 9.59 Å². The maximum Gasteiger partial charge on any atom is 0.407 e. The Morgan fingerprint density at radius 2 is 1.21 bits per heavy atom. The van der Waals surface area contributed by atoms with Gasteiger partial charge in [0.15, 0.2) is 6.29 Å². The van der Waals surface area contributed by atoms with Crippen molar-refractivity contribution in [3.8, 4) is 33.4 Å². The number of hydrogen-bond donors (Lipinski definition) is 5. The van der Waals surface area contributed by atoms with E-state index in [2.05, 4.69) is 88.7 Å². The van der Waals surface area contributed by atoms with Gasteiger partial charge in [0, 0.05) is 6.54 Å². The number of rotatable bonds is 8. The number of carbonyl (C=O) groups is 2. The molecule has 5 rings (SSSR count). The van der Waals surface area contributed by atoms with Gasteiger partial charge in [-0.2, -0.15) is 0 Å². The molecule has 0 radical (unpaired) electrons. The Kier molecular flexibility index (Phi) is 7.52. The number of nitrogens with one attached hydrogen (secondary N) is 3. The molecule has 7 heteroatoms. The van der Waals surface area contributed by atoms with Gasteiger partial charge in [0.05, 0.1) is 0 Å².